The molecule has 32 heavy (non-hydrogen) atoms. The number of fused-ring (bicyclic) bond motifs is 4. The van der Waals surface area contributed by atoms with Crippen LogP contribution in [0.4, 0.5) is 16.2 Å². The highest BCUT2D eigenvalue weighted by Gasteiger charge is 2.22. The molecule has 0 fully saturated rings. The van der Waals surface area contributed by atoms with Crippen LogP contribution in [0.3, 0.4) is 0 Å². The van der Waals surface area contributed by atoms with E-state index in [1.165, 1.54) is 0 Å². The van der Waals surface area contributed by atoms with E-state index in [1.807, 2.05) is 30.5 Å². The van der Waals surface area contributed by atoms with Crippen molar-refractivity contribution in [1.29, 1.82) is 0 Å². The van der Waals surface area contributed by atoms with Crippen molar-refractivity contribution in [3.8, 4) is 11.1 Å². The van der Waals surface area contributed by atoms with E-state index in [-0.39, 0.29) is 12.6 Å². The van der Waals surface area contributed by atoms with Crippen LogP contribution in [0.5, 0.6) is 0 Å². The number of nitrogens with one attached hydrogen (secondary N) is 2. The number of benzene rings is 1. The van der Waals surface area contributed by atoms with Crippen molar-refractivity contribution >= 4 is 23.4 Å². The Morgan fingerprint density at radius 1 is 1.12 bits per heavy atom. The van der Waals surface area contributed by atoms with E-state index < -0.39 is 12.1 Å². The predicted octanol–water partition coefficient (Wildman–Crippen LogP) is 4.40. The van der Waals surface area contributed by atoms with Crippen LogP contribution in [-0.2, 0) is 25.4 Å². The van der Waals surface area contributed by atoms with Gasteiger partial charge in [-0.3, -0.25) is 10.3 Å². The third-order valence-electron chi connectivity index (χ3n) is 5.24. The van der Waals surface area contributed by atoms with Gasteiger partial charge < -0.3 is 19.5 Å². The van der Waals surface area contributed by atoms with Gasteiger partial charge in [0.05, 0.1) is 13.2 Å². The summed E-state index contributed by atoms with van der Waals surface area (Å²) in [5.74, 6) is -0.275. The number of aromatic nitrogens is 1. The van der Waals surface area contributed by atoms with Gasteiger partial charge in [0.2, 0.25) is 0 Å². The molecule has 0 saturated carbocycles. The van der Waals surface area contributed by atoms with E-state index in [9.17, 15) is 9.59 Å². The van der Waals surface area contributed by atoms with Gasteiger partial charge in [-0.25, -0.2) is 9.59 Å². The molecule has 0 saturated heterocycles. The number of aryl methyl sites for hydroxylation is 1. The second kappa shape index (κ2) is 12.0. The van der Waals surface area contributed by atoms with E-state index in [0.717, 1.165) is 48.2 Å². The molecule has 2 heterocycles. The molecule has 2 aromatic rings. The lowest BCUT2D eigenvalue weighted by Gasteiger charge is -2.22. The third kappa shape index (κ3) is 6.68. The number of hydrogen-bond donors (Lipinski definition) is 2. The van der Waals surface area contributed by atoms with Crippen molar-refractivity contribution in [2.24, 2.45) is 0 Å². The van der Waals surface area contributed by atoms with E-state index in [4.69, 9.17) is 14.2 Å². The number of carbonyl (C=O) groups is 2. The number of ether oxygens (including phenoxy) is 3. The van der Waals surface area contributed by atoms with Crippen molar-refractivity contribution in [3.05, 3.63) is 42.2 Å². The molecule has 1 aliphatic heterocycles. The number of nitrogens with zero attached hydrogens (tertiary/aromatic N) is 1. The highest BCUT2D eigenvalue weighted by Crippen LogP contribution is 2.33. The average Bonchev–Trinajstić information content (AvgIpc) is 2.78. The molecular formula is C24H31N3O5. The number of rotatable bonds is 6. The molecule has 1 aliphatic rings. The Hall–Kier alpha value is -3.13. The predicted molar refractivity (Wildman–Crippen MR) is 123 cm³/mol. The molecule has 1 amide bonds. The molecule has 1 aromatic heterocycles. The van der Waals surface area contributed by atoms with Crippen molar-refractivity contribution in [3.63, 3.8) is 0 Å². The summed E-state index contributed by atoms with van der Waals surface area (Å²) in [6, 6.07) is 9.09. The van der Waals surface area contributed by atoms with Crippen LogP contribution in [-0.4, -0.2) is 50.0 Å². The summed E-state index contributed by atoms with van der Waals surface area (Å²) in [6.07, 6.45) is 5.73. The SMILES string of the molecule is CCOC(=O)C1CCCCCc2cc(ccn2)-c2ccc(NC(=O)OCCOC)cc2N1. The third-order valence-corrected chi connectivity index (χ3v) is 5.24. The van der Waals surface area contributed by atoms with Crippen LogP contribution in [0, 0.1) is 0 Å². The van der Waals surface area contributed by atoms with Gasteiger partial charge in [0.15, 0.2) is 0 Å². The number of carbonyl (C=O) groups excluding carboxylic acids is 2. The van der Waals surface area contributed by atoms with Crippen LogP contribution in [0.25, 0.3) is 11.1 Å². The summed E-state index contributed by atoms with van der Waals surface area (Å²) in [4.78, 5) is 29.2. The first-order chi connectivity index (χ1) is 15.6. The maximum absolute atomic E-state index is 12.6. The Morgan fingerprint density at radius 3 is 2.81 bits per heavy atom. The molecule has 1 unspecified atom stereocenters. The fourth-order valence-electron chi connectivity index (χ4n) is 3.66. The number of pyridine rings is 1. The van der Waals surface area contributed by atoms with Crippen LogP contribution in [0.2, 0.25) is 0 Å². The first-order valence-corrected chi connectivity index (χ1v) is 11.1. The molecule has 8 nitrogen and oxygen atoms in total. The summed E-state index contributed by atoms with van der Waals surface area (Å²) < 4.78 is 15.3. The molecule has 8 heteroatoms. The second-order valence-corrected chi connectivity index (χ2v) is 7.60. The summed E-state index contributed by atoms with van der Waals surface area (Å²) in [5.41, 5.74) is 4.25. The van der Waals surface area contributed by atoms with Crippen LogP contribution in [0.15, 0.2) is 36.5 Å². The topological polar surface area (TPSA) is 98.8 Å². The van der Waals surface area contributed by atoms with E-state index in [1.54, 1.807) is 14.0 Å². The maximum Gasteiger partial charge on any atom is 0.411 e. The summed E-state index contributed by atoms with van der Waals surface area (Å²) in [7, 11) is 1.54. The lowest BCUT2D eigenvalue weighted by atomic mass is 9.99. The molecule has 2 bridgehead atoms. The zero-order valence-corrected chi connectivity index (χ0v) is 18.7. The number of esters is 1. The van der Waals surface area contributed by atoms with Gasteiger partial charge in [-0.2, -0.15) is 0 Å². The highest BCUT2D eigenvalue weighted by molar-refractivity contribution is 5.90. The largest absolute Gasteiger partial charge is 0.464 e. The number of amides is 1. The smallest absolute Gasteiger partial charge is 0.411 e. The lowest BCUT2D eigenvalue weighted by Crippen LogP contribution is -2.31. The Labute approximate surface area is 188 Å². The molecule has 0 aliphatic carbocycles. The average molecular weight is 442 g/mol. The fraction of sp³-hybridized carbons (Fsp3) is 0.458. The maximum atomic E-state index is 12.6. The number of anilines is 2. The van der Waals surface area contributed by atoms with Gasteiger partial charge in [-0.05, 0) is 56.0 Å². The van der Waals surface area contributed by atoms with Crippen molar-refractivity contribution in [1.82, 2.24) is 4.98 Å². The normalized spacial score (nSPS) is 15.9. The fourth-order valence-corrected chi connectivity index (χ4v) is 3.66. The Morgan fingerprint density at radius 2 is 2.00 bits per heavy atom. The van der Waals surface area contributed by atoms with E-state index in [0.29, 0.717) is 25.3 Å². The van der Waals surface area contributed by atoms with Gasteiger partial charge >= 0.3 is 12.1 Å². The minimum atomic E-state index is -0.566. The van der Waals surface area contributed by atoms with Crippen LogP contribution >= 0.6 is 0 Å². The molecule has 3 rings (SSSR count). The second-order valence-electron chi connectivity index (χ2n) is 7.60. The molecule has 172 valence electrons. The summed E-state index contributed by atoms with van der Waals surface area (Å²) in [5, 5.41) is 6.10. The summed E-state index contributed by atoms with van der Waals surface area (Å²) in [6.45, 7) is 2.62. The standard InChI is InChI=1S/C24H31N3O5/c1-3-31-23(28)21-8-6-4-5-7-18-15-17(11-12-25-18)20-10-9-19(16-22(20)27-21)26-24(29)32-14-13-30-2/h9-12,15-16,21,27H,3-8,13-14H2,1-2H3,(H,26,29). The van der Waals surface area contributed by atoms with Gasteiger partial charge in [0.1, 0.15) is 12.6 Å². The first kappa shape index (κ1) is 23.5. The summed E-state index contributed by atoms with van der Waals surface area (Å²) >= 11 is 0. The van der Waals surface area contributed by atoms with Crippen LogP contribution < -0.4 is 10.6 Å². The molecular weight excluding hydrogens is 410 g/mol. The van der Waals surface area contributed by atoms with Crippen molar-refractivity contribution < 1.29 is 23.8 Å². The quantitative estimate of drug-likeness (QED) is 0.506. The zero-order valence-electron chi connectivity index (χ0n) is 18.7. The van der Waals surface area contributed by atoms with Gasteiger partial charge in [0.25, 0.3) is 0 Å². The monoisotopic (exact) mass is 441 g/mol. The Kier molecular flexibility index (Phi) is 8.86. The van der Waals surface area contributed by atoms with E-state index >= 15 is 0 Å². The first-order valence-electron chi connectivity index (χ1n) is 11.1. The zero-order chi connectivity index (χ0) is 22.8. The Balaban J connectivity index is 1.93. The molecule has 1 aromatic carbocycles. The van der Waals surface area contributed by atoms with Gasteiger partial charge in [-0.15, -0.1) is 0 Å². The minimum Gasteiger partial charge on any atom is -0.464 e. The Bertz CT molecular complexity index is 918. The van der Waals surface area contributed by atoms with Crippen LogP contribution in [0.1, 0.15) is 38.3 Å². The van der Waals surface area contributed by atoms with Crippen molar-refractivity contribution in [2.45, 2.75) is 45.1 Å². The van der Waals surface area contributed by atoms with Crippen molar-refractivity contribution in [2.75, 3.05) is 37.6 Å². The molecule has 1 atom stereocenters. The van der Waals surface area contributed by atoms with Gasteiger partial charge in [0, 0.05) is 35.9 Å². The lowest BCUT2D eigenvalue weighted by molar-refractivity contribution is -0.144. The highest BCUT2D eigenvalue weighted by atomic mass is 16.6. The molecule has 0 spiro atoms. The number of methoxy groups -OCH3 is 1. The minimum absolute atomic E-state index is 0.163. The van der Waals surface area contributed by atoms with E-state index in [2.05, 4.69) is 21.7 Å². The molecule has 2 N–H and O–H groups in total. The molecule has 0 radical (unpaired) electrons. The van der Waals surface area contributed by atoms with Gasteiger partial charge in [-0.1, -0.05) is 18.9 Å². The number of hydrogen-bond acceptors (Lipinski definition) is 7.